The van der Waals surface area contributed by atoms with Gasteiger partial charge in [0, 0.05) is 40.9 Å². The Labute approximate surface area is 260 Å². The molecule has 0 radical (unpaired) electrons. The molecule has 3 fully saturated rings. The molecule has 3 amide bonds. The minimum Gasteiger partial charge on any atom is -0.370 e. The van der Waals surface area contributed by atoms with Crippen molar-refractivity contribution in [3.63, 3.8) is 0 Å². The van der Waals surface area contributed by atoms with E-state index in [0.29, 0.717) is 49.9 Å². The quantitative estimate of drug-likeness (QED) is 0.322. The molecule has 3 aliphatic heterocycles. The molecular formula is C29H32F2N5O7PS. The Morgan fingerprint density at radius 2 is 1.93 bits per heavy atom. The van der Waals surface area contributed by atoms with E-state index in [1.165, 1.54) is 18.5 Å². The summed E-state index contributed by atoms with van der Waals surface area (Å²) in [5.74, 6) is -1.09. The molecule has 1 aromatic carbocycles. The third-order valence-electron chi connectivity index (χ3n) is 9.13. The van der Waals surface area contributed by atoms with Gasteiger partial charge in [0.1, 0.15) is 24.0 Å². The molecule has 0 saturated carbocycles. The summed E-state index contributed by atoms with van der Waals surface area (Å²) >= 11 is 1.01. The minimum atomic E-state index is -5.76. The maximum Gasteiger partial charge on any atom is 0.399 e. The Kier molecular flexibility index (Phi) is 8.05. The third kappa shape index (κ3) is 5.44. The van der Waals surface area contributed by atoms with Gasteiger partial charge in [0.15, 0.2) is 0 Å². The van der Waals surface area contributed by atoms with E-state index in [4.69, 9.17) is 14.5 Å². The van der Waals surface area contributed by atoms with Crippen molar-refractivity contribution in [3.05, 3.63) is 58.5 Å². The molecule has 3 saturated heterocycles. The summed E-state index contributed by atoms with van der Waals surface area (Å²) in [6.07, 6.45) is 6.08. The van der Waals surface area contributed by atoms with Crippen LogP contribution in [0, 0.1) is 6.92 Å². The summed E-state index contributed by atoms with van der Waals surface area (Å²) in [6.45, 7) is 2.45. The van der Waals surface area contributed by atoms with Crippen molar-refractivity contribution < 1.29 is 42.3 Å². The first-order chi connectivity index (χ1) is 21.3. The summed E-state index contributed by atoms with van der Waals surface area (Å²) in [4.78, 5) is 70.8. The van der Waals surface area contributed by atoms with Crippen LogP contribution in [0.3, 0.4) is 0 Å². The second-order valence-corrected chi connectivity index (χ2v) is 14.5. The number of alkyl halides is 2. The van der Waals surface area contributed by atoms with Crippen LogP contribution in [-0.2, 0) is 30.2 Å². The van der Waals surface area contributed by atoms with Crippen LogP contribution in [0.2, 0.25) is 0 Å². The predicted molar refractivity (Wildman–Crippen MR) is 159 cm³/mol. The molecule has 3 aliphatic rings. The van der Waals surface area contributed by atoms with Gasteiger partial charge < -0.3 is 29.6 Å². The third-order valence-corrected chi connectivity index (χ3v) is 11.2. The number of methoxy groups -OCH3 is 1. The van der Waals surface area contributed by atoms with Crippen LogP contribution in [0.4, 0.5) is 8.78 Å². The molecule has 12 nitrogen and oxygen atoms in total. The average Bonchev–Trinajstić information content (AvgIpc) is 3.57. The van der Waals surface area contributed by atoms with Gasteiger partial charge in [-0.15, -0.1) is 11.3 Å². The lowest BCUT2D eigenvalue weighted by molar-refractivity contribution is -0.171. The van der Waals surface area contributed by atoms with E-state index in [1.54, 1.807) is 23.1 Å². The van der Waals surface area contributed by atoms with Crippen LogP contribution in [-0.4, -0.2) is 85.6 Å². The molecule has 3 atom stereocenters. The van der Waals surface area contributed by atoms with Crippen molar-refractivity contribution >= 4 is 46.7 Å². The number of thiophene rings is 1. The number of amides is 3. The van der Waals surface area contributed by atoms with Gasteiger partial charge in [0.2, 0.25) is 11.8 Å². The fourth-order valence-electron chi connectivity index (χ4n) is 6.66. The van der Waals surface area contributed by atoms with Gasteiger partial charge in [-0.3, -0.25) is 18.9 Å². The second kappa shape index (κ2) is 11.5. The number of ether oxygens (including phenoxy) is 1. The molecule has 3 N–H and O–H groups in total. The van der Waals surface area contributed by atoms with Gasteiger partial charge in [-0.25, -0.2) is 9.97 Å². The van der Waals surface area contributed by atoms with E-state index < -0.39 is 42.4 Å². The Balaban J connectivity index is 1.16. The standard InChI is InChI=1S/C29H32F2N5O7PS/c1-16-20(12-32-15-33-16)28(43-2)13-35(14-28)27(39)22-8-7-19-4-3-5-21(26(38)36(19)22)34-25(37)24-11-17-10-18(6-9-23(17)45-24)29(30,31)44(40,41)42/h6,9-12,15,19,21-22H,3-5,7-8,13-14H2,1-2H3,(H,34,37)(H2,40,41,42)/t19-,21-,22-/m0/s1. The maximum absolute atomic E-state index is 14.2. The summed E-state index contributed by atoms with van der Waals surface area (Å²) in [5, 5.41) is 3.00. The number of halogens is 2. The number of carbonyl (C=O) groups is 3. The van der Waals surface area contributed by atoms with Crippen molar-refractivity contribution in [1.82, 2.24) is 25.1 Å². The summed E-state index contributed by atoms with van der Waals surface area (Å²) in [6, 6.07) is 2.83. The van der Waals surface area contributed by atoms with Crippen molar-refractivity contribution in [2.75, 3.05) is 20.2 Å². The number of carbonyl (C=O) groups excluding carboxylic acids is 3. The van der Waals surface area contributed by atoms with Gasteiger partial charge in [0.05, 0.1) is 18.0 Å². The number of rotatable bonds is 7. The summed E-state index contributed by atoms with van der Waals surface area (Å²) in [7, 11) is -4.17. The van der Waals surface area contributed by atoms with Gasteiger partial charge in [-0.1, -0.05) is 6.07 Å². The van der Waals surface area contributed by atoms with Crippen LogP contribution in [0.15, 0.2) is 36.8 Å². The molecule has 2 aromatic heterocycles. The Morgan fingerprint density at radius 1 is 1.18 bits per heavy atom. The minimum absolute atomic E-state index is 0.120. The van der Waals surface area contributed by atoms with E-state index in [1.807, 2.05) is 6.92 Å². The van der Waals surface area contributed by atoms with Gasteiger partial charge in [0.25, 0.3) is 5.91 Å². The molecule has 6 rings (SSSR count). The lowest BCUT2D eigenvalue weighted by atomic mass is 9.85. The molecule has 16 heteroatoms. The second-order valence-electron chi connectivity index (χ2n) is 11.8. The van der Waals surface area contributed by atoms with E-state index in [2.05, 4.69) is 15.3 Å². The largest absolute Gasteiger partial charge is 0.399 e. The Bertz CT molecular complexity index is 1730. The molecule has 0 aliphatic carbocycles. The highest BCUT2D eigenvalue weighted by atomic mass is 32.1. The van der Waals surface area contributed by atoms with Crippen molar-refractivity contribution in [2.24, 2.45) is 0 Å². The summed E-state index contributed by atoms with van der Waals surface area (Å²) < 4.78 is 46.1. The number of nitrogens with zero attached hydrogens (tertiary/aromatic N) is 4. The zero-order valence-corrected chi connectivity index (χ0v) is 26.2. The number of hydrogen-bond donors (Lipinski definition) is 3. The Morgan fingerprint density at radius 3 is 2.62 bits per heavy atom. The molecule has 0 spiro atoms. The molecule has 0 unspecified atom stereocenters. The first kappa shape index (κ1) is 31.6. The molecule has 0 bridgehead atoms. The maximum atomic E-state index is 14.2. The van der Waals surface area contributed by atoms with Crippen LogP contribution in [0.5, 0.6) is 0 Å². The molecule has 45 heavy (non-hydrogen) atoms. The summed E-state index contributed by atoms with van der Waals surface area (Å²) in [5.41, 5.74) is -4.40. The normalized spacial score (nSPS) is 23.4. The fourth-order valence-corrected chi connectivity index (χ4v) is 8.08. The highest BCUT2D eigenvalue weighted by Gasteiger charge is 2.53. The zero-order valence-electron chi connectivity index (χ0n) is 24.5. The molecule has 5 heterocycles. The number of hydrogen-bond acceptors (Lipinski definition) is 8. The molecule has 240 valence electrons. The number of likely N-dealkylation sites (tertiary alicyclic amines) is 1. The topological polar surface area (TPSA) is 162 Å². The molecule has 3 aromatic rings. The molecular weight excluding hydrogens is 631 g/mol. The fraction of sp³-hybridized carbons (Fsp3) is 0.483. The van der Waals surface area contributed by atoms with Gasteiger partial charge in [-0.2, -0.15) is 8.78 Å². The zero-order chi connectivity index (χ0) is 32.3. The number of fused-ring (bicyclic) bond motifs is 2. The van der Waals surface area contributed by atoms with E-state index in [0.717, 1.165) is 34.7 Å². The average molecular weight is 664 g/mol. The van der Waals surface area contributed by atoms with Crippen LogP contribution in [0.1, 0.15) is 58.6 Å². The van der Waals surface area contributed by atoms with Crippen molar-refractivity contribution in [3.8, 4) is 0 Å². The highest BCUT2D eigenvalue weighted by molar-refractivity contribution is 7.52. The van der Waals surface area contributed by atoms with Crippen LogP contribution >= 0.6 is 18.9 Å². The first-order valence-electron chi connectivity index (χ1n) is 14.5. The van der Waals surface area contributed by atoms with E-state index in [-0.39, 0.29) is 28.1 Å². The smallest absolute Gasteiger partial charge is 0.370 e. The SMILES string of the molecule is COC1(c2cncnc2C)CN(C(=O)[C@@H]2CC[C@@H]3CCC[C@H](NC(=O)c4cc5cc(C(F)(F)P(=O)(O)O)ccc5s4)C(=O)N32)C1. The van der Waals surface area contributed by atoms with Crippen molar-refractivity contribution in [2.45, 2.75) is 68.4 Å². The lowest BCUT2D eigenvalue weighted by Gasteiger charge is -2.50. The number of benzene rings is 1. The number of aromatic nitrogens is 2. The number of aryl methyl sites for hydroxylation is 1. The van der Waals surface area contributed by atoms with E-state index in [9.17, 15) is 27.7 Å². The first-order valence-corrected chi connectivity index (χ1v) is 16.9. The van der Waals surface area contributed by atoms with Crippen LogP contribution < -0.4 is 5.32 Å². The van der Waals surface area contributed by atoms with Crippen molar-refractivity contribution in [1.29, 1.82) is 0 Å². The van der Waals surface area contributed by atoms with Gasteiger partial charge in [-0.05, 0) is 62.6 Å². The highest BCUT2D eigenvalue weighted by Crippen LogP contribution is 2.59. The predicted octanol–water partition coefficient (Wildman–Crippen LogP) is 3.25. The van der Waals surface area contributed by atoms with E-state index >= 15 is 0 Å². The monoisotopic (exact) mass is 663 g/mol. The van der Waals surface area contributed by atoms with Gasteiger partial charge >= 0.3 is 13.3 Å². The number of nitrogens with one attached hydrogen (secondary N) is 1. The Hall–Kier alpha value is -3.36. The lowest BCUT2D eigenvalue weighted by Crippen LogP contribution is -2.66. The van der Waals surface area contributed by atoms with Crippen LogP contribution in [0.25, 0.3) is 10.1 Å².